The van der Waals surface area contributed by atoms with Gasteiger partial charge < -0.3 is 9.15 Å². The van der Waals surface area contributed by atoms with Crippen molar-refractivity contribution in [1.82, 2.24) is 16.2 Å². The quantitative estimate of drug-likeness (QED) is 0.396. The van der Waals surface area contributed by atoms with Crippen molar-refractivity contribution >= 4 is 58.4 Å². The Kier molecular flexibility index (Phi) is 7.46. The van der Waals surface area contributed by atoms with Gasteiger partial charge in [0.1, 0.15) is 11.5 Å². The molecule has 3 N–H and O–H groups in total. The molecule has 0 saturated carbocycles. The maximum absolute atomic E-state index is 11.7. The number of nitrogens with one attached hydrogen (secondary N) is 3. The third-order valence-corrected chi connectivity index (χ3v) is 3.48. The van der Waals surface area contributed by atoms with Crippen LogP contribution < -0.4 is 20.9 Å². The lowest BCUT2D eigenvalue weighted by Crippen LogP contribution is -2.49. The highest BCUT2D eigenvalue weighted by molar-refractivity contribution is 7.80. The summed E-state index contributed by atoms with van der Waals surface area (Å²) in [4.78, 5) is 23.3. The van der Waals surface area contributed by atoms with Gasteiger partial charge >= 0.3 is 0 Å². The molecule has 0 fully saturated rings. The van der Waals surface area contributed by atoms with E-state index in [1.54, 1.807) is 24.3 Å². The highest BCUT2D eigenvalue weighted by Crippen LogP contribution is 2.27. The van der Waals surface area contributed by atoms with Gasteiger partial charge in [0.2, 0.25) is 5.91 Å². The Balaban J connectivity index is 1.69. The third kappa shape index (κ3) is 6.75. The number of rotatable bonds is 5. The van der Waals surface area contributed by atoms with Crippen molar-refractivity contribution in [3.8, 4) is 5.75 Å². The minimum Gasteiger partial charge on any atom is -0.482 e. The number of hydrogen-bond acceptors (Lipinski definition) is 5. The van der Waals surface area contributed by atoms with Crippen LogP contribution >= 0.6 is 35.4 Å². The molecule has 0 unspecified atom stereocenters. The molecule has 0 bridgehead atoms. The van der Waals surface area contributed by atoms with Crippen LogP contribution in [0.1, 0.15) is 5.76 Å². The van der Waals surface area contributed by atoms with Crippen LogP contribution in [-0.4, -0.2) is 23.5 Å². The monoisotopic (exact) mass is 413 g/mol. The number of carbonyl (C=O) groups is 2. The summed E-state index contributed by atoms with van der Waals surface area (Å²) in [6.45, 7) is -0.316. The smallest absolute Gasteiger partial charge is 0.276 e. The Morgan fingerprint density at radius 1 is 1.23 bits per heavy atom. The molecule has 1 aromatic carbocycles. The van der Waals surface area contributed by atoms with Crippen molar-refractivity contribution in [2.45, 2.75) is 0 Å². The number of halogens is 2. The maximum Gasteiger partial charge on any atom is 0.276 e. The van der Waals surface area contributed by atoms with Crippen LogP contribution in [0.4, 0.5) is 0 Å². The zero-order valence-corrected chi connectivity index (χ0v) is 15.5. The molecule has 0 aliphatic carbocycles. The van der Waals surface area contributed by atoms with Crippen molar-refractivity contribution in [3.05, 3.63) is 58.5 Å². The molecule has 2 amide bonds. The van der Waals surface area contributed by atoms with E-state index in [1.807, 2.05) is 0 Å². The third-order valence-electron chi connectivity index (χ3n) is 2.75. The first kappa shape index (κ1) is 19.8. The van der Waals surface area contributed by atoms with Gasteiger partial charge in [-0.3, -0.25) is 25.8 Å². The van der Waals surface area contributed by atoms with Crippen LogP contribution in [0.25, 0.3) is 6.08 Å². The first-order chi connectivity index (χ1) is 12.4. The Morgan fingerprint density at radius 3 is 2.73 bits per heavy atom. The zero-order chi connectivity index (χ0) is 18.9. The summed E-state index contributed by atoms with van der Waals surface area (Å²) in [5.41, 5.74) is 4.65. The van der Waals surface area contributed by atoms with Crippen LogP contribution in [0.3, 0.4) is 0 Å². The number of ether oxygens (including phenoxy) is 1. The maximum atomic E-state index is 11.7. The van der Waals surface area contributed by atoms with Gasteiger partial charge in [0, 0.05) is 11.1 Å². The van der Waals surface area contributed by atoms with Crippen molar-refractivity contribution in [1.29, 1.82) is 0 Å². The fourth-order valence-corrected chi connectivity index (χ4v) is 2.24. The van der Waals surface area contributed by atoms with E-state index < -0.39 is 11.8 Å². The summed E-state index contributed by atoms with van der Waals surface area (Å²) in [6, 6.07) is 8.00. The van der Waals surface area contributed by atoms with Gasteiger partial charge in [0.15, 0.2) is 11.7 Å². The van der Waals surface area contributed by atoms with Crippen LogP contribution in [0.5, 0.6) is 5.75 Å². The van der Waals surface area contributed by atoms with Crippen LogP contribution in [-0.2, 0) is 9.59 Å². The SMILES string of the molecule is O=C(/C=C/c1ccco1)NC(=S)NNC(=O)COc1ccc(Cl)cc1Cl. The number of furan rings is 1. The molecule has 7 nitrogen and oxygen atoms in total. The van der Waals surface area contributed by atoms with E-state index in [4.69, 9.17) is 44.6 Å². The first-order valence-corrected chi connectivity index (χ1v) is 8.29. The van der Waals surface area contributed by atoms with E-state index in [9.17, 15) is 9.59 Å². The van der Waals surface area contributed by atoms with Gasteiger partial charge in [0.25, 0.3) is 5.91 Å². The lowest BCUT2D eigenvalue weighted by molar-refractivity contribution is -0.123. The molecule has 2 rings (SSSR count). The fraction of sp³-hybridized carbons (Fsp3) is 0.0625. The number of amides is 2. The number of hydrogen-bond donors (Lipinski definition) is 3. The van der Waals surface area contributed by atoms with Gasteiger partial charge in [-0.2, -0.15) is 0 Å². The van der Waals surface area contributed by atoms with Crippen molar-refractivity contribution in [2.75, 3.05) is 6.61 Å². The second-order valence-electron chi connectivity index (χ2n) is 4.70. The lowest BCUT2D eigenvalue weighted by atomic mass is 10.3. The topological polar surface area (TPSA) is 92.6 Å². The zero-order valence-electron chi connectivity index (χ0n) is 13.1. The lowest BCUT2D eigenvalue weighted by Gasteiger charge is -2.11. The summed E-state index contributed by atoms with van der Waals surface area (Å²) in [5.74, 6) is -0.188. The minimum absolute atomic E-state index is 0.0861. The molecule has 0 aliphatic heterocycles. The average Bonchev–Trinajstić information content (AvgIpc) is 3.11. The van der Waals surface area contributed by atoms with E-state index >= 15 is 0 Å². The second-order valence-corrected chi connectivity index (χ2v) is 5.96. The van der Waals surface area contributed by atoms with E-state index in [2.05, 4.69) is 16.2 Å². The predicted molar refractivity (Wildman–Crippen MR) is 102 cm³/mol. The number of benzene rings is 1. The largest absolute Gasteiger partial charge is 0.482 e. The van der Waals surface area contributed by atoms with E-state index in [-0.39, 0.29) is 16.7 Å². The molecule has 0 spiro atoms. The molecule has 0 atom stereocenters. The van der Waals surface area contributed by atoms with Gasteiger partial charge in [-0.1, -0.05) is 23.2 Å². The van der Waals surface area contributed by atoms with Crippen LogP contribution in [0.15, 0.2) is 47.1 Å². The number of thiocarbonyl (C=S) groups is 1. The summed E-state index contributed by atoms with van der Waals surface area (Å²) < 4.78 is 10.3. The van der Waals surface area contributed by atoms with Crippen molar-refractivity contribution < 1.29 is 18.7 Å². The average molecular weight is 414 g/mol. The Bertz CT molecular complexity index is 825. The number of hydrazine groups is 1. The first-order valence-electron chi connectivity index (χ1n) is 7.13. The molecular weight excluding hydrogens is 401 g/mol. The second kappa shape index (κ2) is 9.81. The standard InChI is InChI=1S/C16H13Cl2N3O4S/c17-10-3-5-13(12(18)8-10)25-9-15(23)20-21-16(26)19-14(22)6-4-11-2-1-7-24-11/h1-8H,9H2,(H,20,23)(H2,19,21,22,26)/b6-4+. The van der Waals surface area contributed by atoms with Crippen molar-refractivity contribution in [3.63, 3.8) is 0 Å². The van der Waals surface area contributed by atoms with Gasteiger partial charge in [0.05, 0.1) is 11.3 Å². The normalized spacial score (nSPS) is 10.4. The molecule has 1 aromatic heterocycles. The molecule has 2 aromatic rings. The molecule has 1 heterocycles. The summed E-state index contributed by atoms with van der Waals surface area (Å²) in [5, 5.41) is 3.00. The molecule has 0 saturated heterocycles. The highest BCUT2D eigenvalue weighted by atomic mass is 35.5. The fourth-order valence-electron chi connectivity index (χ4n) is 1.63. The van der Waals surface area contributed by atoms with Crippen LogP contribution in [0.2, 0.25) is 10.0 Å². The molecule has 136 valence electrons. The molecule has 0 radical (unpaired) electrons. The molecule has 26 heavy (non-hydrogen) atoms. The molecule has 10 heteroatoms. The Morgan fingerprint density at radius 2 is 2.04 bits per heavy atom. The van der Waals surface area contributed by atoms with Crippen molar-refractivity contribution in [2.24, 2.45) is 0 Å². The Hall–Kier alpha value is -2.55. The van der Waals surface area contributed by atoms with E-state index in [0.717, 1.165) is 0 Å². The van der Waals surface area contributed by atoms with Gasteiger partial charge in [-0.15, -0.1) is 0 Å². The summed E-state index contributed by atoms with van der Waals surface area (Å²) >= 11 is 16.6. The predicted octanol–water partition coefficient (Wildman–Crippen LogP) is 2.70. The van der Waals surface area contributed by atoms with Gasteiger partial charge in [-0.05, 0) is 48.6 Å². The minimum atomic E-state index is -0.529. The van der Waals surface area contributed by atoms with E-state index in [1.165, 1.54) is 24.5 Å². The highest BCUT2D eigenvalue weighted by Gasteiger charge is 2.07. The van der Waals surface area contributed by atoms with Gasteiger partial charge in [-0.25, -0.2) is 0 Å². The molecular formula is C16H13Cl2N3O4S. The summed E-state index contributed by atoms with van der Waals surface area (Å²) in [7, 11) is 0. The van der Waals surface area contributed by atoms with E-state index in [0.29, 0.717) is 16.5 Å². The summed E-state index contributed by atoms with van der Waals surface area (Å²) in [6.07, 6.45) is 4.19. The number of carbonyl (C=O) groups excluding carboxylic acids is 2. The van der Waals surface area contributed by atoms with Crippen LogP contribution in [0, 0.1) is 0 Å². The Labute approximate surface area is 164 Å². The molecule has 0 aliphatic rings.